The van der Waals surface area contributed by atoms with Crippen molar-refractivity contribution in [3.05, 3.63) is 0 Å². The predicted molar refractivity (Wildman–Crippen MR) is 88.4 cm³/mol. The van der Waals surface area contributed by atoms with E-state index in [0.29, 0.717) is 24.7 Å². The molecule has 152 valence electrons. The molecule has 0 aromatic heterocycles. The lowest BCUT2D eigenvalue weighted by atomic mass is 9.75. The molecule has 0 heterocycles. The number of ether oxygens (including phenoxy) is 3. The third kappa shape index (κ3) is 3.80. The average Bonchev–Trinajstić information content (AvgIpc) is 2.95. The van der Waals surface area contributed by atoms with Crippen molar-refractivity contribution in [1.29, 1.82) is 0 Å². The van der Waals surface area contributed by atoms with Gasteiger partial charge in [0.2, 0.25) is 0 Å². The van der Waals surface area contributed by atoms with Gasteiger partial charge in [0.05, 0.1) is 10.8 Å². The summed E-state index contributed by atoms with van der Waals surface area (Å²) >= 11 is 0. The van der Waals surface area contributed by atoms with Crippen LogP contribution in [-0.2, 0) is 28.6 Å². The largest absolute Gasteiger partial charge is 0.504 e. The van der Waals surface area contributed by atoms with Crippen LogP contribution in [0, 0.1) is 28.6 Å². The Balaban J connectivity index is 1.49. The van der Waals surface area contributed by atoms with Crippen LogP contribution in [0.2, 0.25) is 0 Å². The first kappa shape index (κ1) is 20.0. The van der Waals surface area contributed by atoms with Gasteiger partial charge in [-0.1, -0.05) is 0 Å². The monoisotopic (exact) mass is 388 g/mol. The van der Waals surface area contributed by atoms with E-state index in [9.17, 15) is 23.2 Å². The standard InChI is InChI=1S/C19H26F2O6/c1-17(2,3)14(22)25-4-5-26-16(24)19(20,21)27-15(23)18-9-11-6-12(10-18)8-13(18)7-11/h11-13H,4-10H2,1-3H3. The molecule has 2 unspecified atom stereocenters. The Kier molecular flexibility index (Phi) is 4.97. The Hall–Kier alpha value is -1.73. The molecule has 6 nitrogen and oxygen atoms in total. The topological polar surface area (TPSA) is 78.9 Å². The van der Waals surface area contributed by atoms with Crippen LogP contribution in [0.5, 0.6) is 0 Å². The van der Waals surface area contributed by atoms with Crippen LogP contribution in [0.3, 0.4) is 0 Å². The average molecular weight is 388 g/mol. The highest BCUT2D eigenvalue weighted by molar-refractivity contribution is 5.84. The van der Waals surface area contributed by atoms with Gasteiger partial charge in [-0.05, 0) is 70.6 Å². The molecule has 4 saturated carbocycles. The minimum Gasteiger partial charge on any atom is -0.462 e. The lowest BCUT2D eigenvalue weighted by molar-refractivity contribution is -0.251. The molecule has 0 radical (unpaired) electrons. The second kappa shape index (κ2) is 6.71. The molecule has 4 aliphatic rings. The summed E-state index contributed by atoms with van der Waals surface area (Å²) in [7, 11) is 0. The fourth-order valence-corrected chi connectivity index (χ4v) is 4.96. The van der Waals surface area contributed by atoms with E-state index in [1.54, 1.807) is 20.8 Å². The summed E-state index contributed by atoms with van der Waals surface area (Å²) in [4.78, 5) is 35.7. The quantitative estimate of drug-likeness (QED) is 0.395. The van der Waals surface area contributed by atoms with Crippen molar-refractivity contribution in [2.45, 2.75) is 59.0 Å². The highest BCUT2D eigenvalue weighted by atomic mass is 19.3. The first-order valence-electron chi connectivity index (χ1n) is 9.40. The number of hydrogen-bond acceptors (Lipinski definition) is 6. The summed E-state index contributed by atoms with van der Waals surface area (Å²) in [6, 6.07) is 0. The van der Waals surface area contributed by atoms with Gasteiger partial charge in [0.15, 0.2) is 0 Å². The van der Waals surface area contributed by atoms with Crippen LogP contribution in [0.1, 0.15) is 52.9 Å². The van der Waals surface area contributed by atoms with E-state index in [-0.39, 0.29) is 12.5 Å². The lowest BCUT2D eigenvalue weighted by Crippen LogP contribution is -2.43. The molecule has 4 rings (SSSR count). The molecule has 8 heteroatoms. The van der Waals surface area contributed by atoms with Gasteiger partial charge >= 0.3 is 24.0 Å². The number of halogens is 2. The van der Waals surface area contributed by atoms with Crippen LogP contribution >= 0.6 is 0 Å². The highest BCUT2D eigenvalue weighted by Crippen LogP contribution is 2.66. The second-order valence-electron chi connectivity index (χ2n) is 9.13. The molecular weight excluding hydrogens is 362 g/mol. The van der Waals surface area contributed by atoms with Crippen molar-refractivity contribution in [2.24, 2.45) is 28.6 Å². The summed E-state index contributed by atoms with van der Waals surface area (Å²) in [5, 5.41) is 0. The summed E-state index contributed by atoms with van der Waals surface area (Å²) < 4.78 is 41.7. The van der Waals surface area contributed by atoms with Gasteiger partial charge < -0.3 is 14.2 Å². The molecule has 0 aliphatic heterocycles. The van der Waals surface area contributed by atoms with Gasteiger partial charge in [-0.2, -0.15) is 8.78 Å². The zero-order valence-corrected chi connectivity index (χ0v) is 15.9. The van der Waals surface area contributed by atoms with E-state index in [0.717, 1.165) is 19.3 Å². The first-order valence-corrected chi connectivity index (χ1v) is 9.40. The van der Waals surface area contributed by atoms with E-state index < -0.39 is 41.5 Å². The molecule has 27 heavy (non-hydrogen) atoms. The Morgan fingerprint density at radius 2 is 1.44 bits per heavy atom. The van der Waals surface area contributed by atoms with Crippen LogP contribution in [0.25, 0.3) is 0 Å². The minimum atomic E-state index is -4.35. The molecule has 0 spiro atoms. The number of alkyl halides is 2. The maximum atomic E-state index is 14.0. The van der Waals surface area contributed by atoms with Crippen LogP contribution in [0.4, 0.5) is 8.78 Å². The molecular formula is C19H26F2O6. The summed E-state index contributed by atoms with van der Waals surface area (Å²) in [5.41, 5.74) is -1.61. The first-order chi connectivity index (χ1) is 12.4. The number of carbonyl (C=O) groups excluding carboxylic acids is 3. The Morgan fingerprint density at radius 3 is 1.96 bits per heavy atom. The van der Waals surface area contributed by atoms with Crippen molar-refractivity contribution < 1.29 is 37.4 Å². The molecule has 0 aromatic carbocycles. The second-order valence-corrected chi connectivity index (χ2v) is 9.13. The fraction of sp³-hybridized carbons (Fsp3) is 0.842. The maximum Gasteiger partial charge on any atom is 0.504 e. The molecule has 0 amide bonds. The van der Waals surface area contributed by atoms with E-state index in [1.165, 1.54) is 0 Å². The molecule has 4 fully saturated rings. The SMILES string of the molecule is CC(C)(C)C(=O)OCCOC(=O)C(F)(F)OC(=O)C12CC3CC(CC1C3)C2. The zero-order chi connectivity index (χ0) is 20.0. The molecule has 4 aliphatic carbocycles. The van der Waals surface area contributed by atoms with Crippen LogP contribution < -0.4 is 0 Å². The lowest BCUT2D eigenvalue weighted by Gasteiger charge is -2.31. The van der Waals surface area contributed by atoms with E-state index in [4.69, 9.17) is 4.74 Å². The molecule has 0 N–H and O–H groups in total. The van der Waals surface area contributed by atoms with E-state index in [2.05, 4.69) is 9.47 Å². The van der Waals surface area contributed by atoms with Crippen LogP contribution in [-0.4, -0.2) is 37.2 Å². The van der Waals surface area contributed by atoms with Gasteiger partial charge in [0.1, 0.15) is 13.2 Å². The number of hydrogen-bond donors (Lipinski definition) is 0. The predicted octanol–water partition coefficient (Wildman–Crippen LogP) is 3.08. The van der Waals surface area contributed by atoms with Gasteiger partial charge in [-0.25, -0.2) is 4.79 Å². The van der Waals surface area contributed by atoms with E-state index >= 15 is 0 Å². The summed E-state index contributed by atoms with van der Waals surface area (Å²) in [6.45, 7) is 4.03. The van der Waals surface area contributed by atoms with Crippen molar-refractivity contribution in [3.8, 4) is 0 Å². The third-order valence-electron chi connectivity index (χ3n) is 6.02. The third-order valence-corrected chi connectivity index (χ3v) is 6.02. The number of rotatable bonds is 6. The zero-order valence-electron chi connectivity index (χ0n) is 15.9. The van der Waals surface area contributed by atoms with Gasteiger partial charge in [0, 0.05) is 0 Å². The normalized spacial score (nSPS) is 31.7. The van der Waals surface area contributed by atoms with Gasteiger partial charge in [-0.3, -0.25) is 9.59 Å². The van der Waals surface area contributed by atoms with Crippen LogP contribution in [0.15, 0.2) is 0 Å². The molecule has 4 bridgehead atoms. The number of esters is 3. The van der Waals surface area contributed by atoms with Crippen molar-refractivity contribution in [1.82, 2.24) is 0 Å². The fourth-order valence-electron chi connectivity index (χ4n) is 4.96. The molecule has 0 saturated heterocycles. The highest BCUT2D eigenvalue weighted by Gasteiger charge is 2.64. The Labute approximate surface area is 156 Å². The summed E-state index contributed by atoms with van der Waals surface area (Å²) in [5.74, 6) is -2.60. The van der Waals surface area contributed by atoms with E-state index in [1.807, 2.05) is 0 Å². The smallest absolute Gasteiger partial charge is 0.462 e. The molecule has 2 atom stereocenters. The maximum absolute atomic E-state index is 14.0. The molecule has 0 aromatic rings. The van der Waals surface area contributed by atoms with Crippen molar-refractivity contribution >= 4 is 17.9 Å². The number of carbonyl (C=O) groups is 3. The van der Waals surface area contributed by atoms with Crippen molar-refractivity contribution in [2.75, 3.05) is 13.2 Å². The summed E-state index contributed by atoms with van der Waals surface area (Å²) in [6.07, 6.45) is -0.402. The van der Waals surface area contributed by atoms with Crippen molar-refractivity contribution in [3.63, 3.8) is 0 Å². The Bertz CT molecular complexity index is 625. The Morgan fingerprint density at radius 1 is 0.926 bits per heavy atom. The van der Waals surface area contributed by atoms with Gasteiger partial charge in [0.25, 0.3) is 0 Å². The minimum absolute atomic E-state index is 0.0809. The van der Waals surface area contributed by atoms with Gasteiger partial charge in [-0.15, -0.1) is 0 Å².